The molecule has 0 bridgehead atoms. The molecule has 100 valence electrons. The summed E-state index contributed by atoms with van der Waals surface area (Å²) in [6.45, 7) is 2.42. The largest absolute Gasteiger partial charge is 0.292 e. The van der Waals surface area contributed by atoms with Crippen molar-refractivity contribution in [2.45, 2.75) is 19.9 Å². The zero-order valence-corrected chi connectivity index (χ0v) is 11.3. The highest BCUT2D eigenvalue weighted by Crippen LogP contribution is 2.20. The molecule has 1 aromatic carbocycles. The maximum Gasteiger partial charge on any atom is 0.183 e. The van der Waals surface area contributed by atoms with Crippen molar-refractivity contribution in [3.8, 4) is 0 Å². The molecule has 0 amide bonds. The van der Waals surface area contributed by atoms with Crippen molar-refractivity contribution >= 4 is 16.7 Å². The summed E-state index contributed by atoms with van der Waals surface area (Å²) in [5.41, 5.74) is 2.45. The third kappa shape index (κ3) is 2.20. The smallest absolute Gasteiger partial charge is 0.183 e. The highest BCUT2D eigenvalue weighted by atomic mass is 16.1. The van der Waals surface area contributed by atoms with E-state index >= 15 is 0 Å². The fraction of sp³-hybridized carbons (Fsp3) is 0.188. The van der Waals surface area contributed by atoms with Crippen LogP contribution in [-0.2, 0) is 6.54 Å². The number of rotatable bonds is 4. The Balaban J connectivity index is 2.09. The van der Waals surface area contributed by atoms with Crippen LogP contribution in [-0.4, -0.2) is 20.5 Å². The number of hydrogen-bond acceptors (Lipinski definition) is 3. The van der Waals surface area contributed by atoms with Crippen LogP contribution in [0.2, 0.25) is 0 Å². The molecule has 0 saturated carbocycles. The van der Waals surface area contributed by atoms with Gasteiger partial charge in [-0.15, -0.1) is 0 Å². The van der Waals surface area contributed by atoms with Crippen LogP contribution in [0.5, 0.6) is 0 Å². The molecule has 4 nitrogen and oxygen atoms in total. The maximum absolute atomic E-state index is 12.0. The Morgan fingerprint density at radius 2 is 1.95 bits per heavy atom. The Hall–Kier alpha value is -2.49. The van der Waals surface area contributed by atoms with Gasteiger partial charge in [-0.25, -0.2) is 0 Å². The molecule has 2 heterocycles. The standard InChI is InChI=1S/C16H15N3O/c1-2-15(20)16-13-8-3-4-9-14(13)19(18-16)11-12-7-5-6-10-17-12/h3-10H,2,11H2,1H3. The van der Waals surface area contributed by atoms with E-state index in [9.17, 15) is 4.79 Å². The lowest BCUT2D eigenvalue weighted by Gasteiger charge is -2.02. The number of carbonyl (C=O) groups is 1. The molecule has 0 aliphatic carbocycles. The summed E-state index contributed by atoms with van der Waals surface area (Å²) in [7, 11) is 0. The number of para-hydroxylation sites is 1. The number of nitrogens with zero attached hydrogens (tertiary/aromatic N) is 3. The molecule has 0 N–H and O–H groups in total. The molecule has 20 heavy (non-hydrogen) atoms. The summed E-state index contributed by atoms with van der Waals surface area (Å²) in [5, 5.41) is 5.39. The van der Waals surface area contributed by atoms with Gasteiger partial charge < -0.3 is 0 Å². The predicted octanol–water partition coefficient (Wildman–Crippen LogP) is 3.07. The summed E-state index contributed by atoms with van der Waals surface area (Å²) in [6.07, 6.45) is 2.23. The molecule has 4 heteroatoms. The summed E-state index contributed by atoms with van der Waals surface area (Å²) in [5.74, 6) is 0.0703. The second kappa shape index (κ2) is 5.25. The first-order chi connectivity index (χ1) is 9.79. The molecule has 0 unspecified atom stereocenters. The maximum atomic E-state index is 12.0. The highest BCUT2D eigenvalue weighted by Gasteiger charge is 2.15. The molecule has 0 spiro atoms. The Morgan fingerprint density at radius 3 is 2.70 bits per heavy atom. The van der Waals surface area contributed by atoms with E-state index in [-0.39, 0.29) is 5.78 Å². The topological polar surface area (TPSA) is 47.8 Å². The van der Waals surface area contributed by atoms with Gasteiger partial charge in [0.15, 0.2) is 5.78 Å². The fourth-order valence-electron chi connectivity index (χ4n) is 2.27. The lowest BCUT2D eigenvalue weighted by molar-refractivity contribution is 0.0984. The van der Waals surface area contributed by atoms with Crippen LogP contribution in [0, 0.1) is 0 Å². The number of carbonyl (C=O) groups excluding carboxylic acids is 1. The first-order valence-corrected chi connectivity index (χ1v) is 6.68. The van der Waals surface area contributed by atoms with Crippen LogP contribution in [0.1, 0.15) is 29.5 Å². The highest BCUT2D eigenvalue weighted by molar-refractivity contribution is 6.05. The van der Waals surface area contributed by atoms with Gasteiger partial charge in [-0.2, -0.15) is 5.10 Å². The zero-order valence-electron chi connectivity index (χ0n) is 11.3. The van der Waals surface area contributed by atoms with Gasteiger partial charge in [0.05, 0.1) is 17.8 Å². The van der Waals surface area contributed by atoms with E-state index in [0.717, 1.165) is 16.6 Å². The van der Waals surface area contributed by atoms with Crippen LogP contribution >= 0.6 is 0 Å². The van der Waals surface area contributed by atoms with Gasteiger partial charge >= 0.3 is 0 Å². The average molecular weight is 265 g/mol. The molecule has 0 radical (unpaired) electrons. The lowest BCUT2D eigenvalue weighted by Crippen LogP contribution is -2.05. The van der Waals surface area contributed by atoms with E-state index < -0.39 is 0 Å². The van der Waals surface area contributed by atoms with E-state index in [2.05, 4.69) is 10.1 Å². The predicted molar refractivity (Wildman–Crippen MR) is 77.7 cm³/mol. The molecule has 0 atom stereocenters. The Morgan fingerprint density at radius 1 is 1.15 bits per heavy atom. The molecular weight excluding hydrogens is 250 g/mol. The summed E-state index contributed by atoms with van der Waals surface area (Å²) in [4.78, 5) is 16.3. The van der Waals surface area contributed by atoms with Crippen molar-refractivity contribution in [3.05, 3.63) is 60.0 Å². The molecule has 0 aliphatic rings. The van der Waals surface area contributed by atoms with E-state index in [1.165, 1.54) is 0 Å². The van der Waals surface area contributed by atoms with E-state index in [1.807, 2.05) is 54.1 Å². The SMILES string of the molecule is CCC(=O)c1nn(Cc2ccccn2)c2ccccc12. The third-order valence-electron chi connectivity index (χ3n) is 3.28. The van der Waals surface area contributed by atoms with Gasteiger partial charge in [-0.3, -0.25) is 14.5 Å². The number of benzene rings is 1. The van der Waals surface area contributed by atoms with Crippen LogP contribution in [0.25, 0.3) is 10.9 Å². The molecule has 3 rings (SSSR count). The quantitative estimate of drug-likeness (QED) is 0.681. The molecule has 0 saturated heterocycles. The van der Waals surface area contributed by atoms with Gasteiger partial charge in [0.2, 0.25) is 0 Å². The van der Waals surface area contributed by atoms with Crippen molar-refractivity contribution in [2.24, 2.45) is 0 Å². The number of hydrogen-bond donors (Lipinski definition) is 0. The molecule has 2 aromatic heterocycles. The van der Waals surface area contributed by atoms with Gasteiger partial charge in [-0.1, -0.05) is 31.2 Å². The first-order valence-electron chi connectivity index (χ1n) is 6.68. The van der Waals surface area contributed by atoms with Crippen LogP contribution in [0.15, 0.2) is 48.7 Å². The minimum atomic E-state index is 0.0703. The minimum absolute atomic E-state index is 0.0703. The Bertz CT molecular complexity index is 747. The summed E-state index contributed by atoms with van der Waals surface area (Å²) in [6, 6.07) is 13.6. The Labute approximate surface area is 117 Å². The fourth-order valence-corrected chi connectivity index (χ4v) is 2.27. The zero-order chi connectivity index (χ0) is 13.9. The van der Waals surface area contributed by atoms with Gasteiger partial charge in [0, 0.05) is 18.0 Å². The van der Waals surface area contributed by atoms with E-state index in [1.54, 1.807) is 6.20 Å². The second-order valence-corrected chi connectivity index (χ2v) is 4.62. The van der Waals surface area contributed by atoms with Crippen molar-refractivity contribution in [1.29, 1.82) is 0 Å². The molecule has 0 fully saturated rings. The number of aromatic nitrogens is 3. The van der Waals surface area contributed by atoms with Gasteiger partial charge in [0.1, 0.15) is 5.69 Å². The van der Waals surface area contributed by atoms with Crippen molar-refractivity contribution < 1.29 is 4.79 Å². The molecular formula is C16H15N3O. The third-order valence-corrected chi connectivity index (χ3v) is 3.28. The van der Waals surface area contributed by atoms with Gasteiger partial charge in [-0.05, 0) is 18.2 Å². The van der Waals surface area contributed by atoms with Crippen molar-refractivity contribution in [3.63, 3.8) is 0 Å². The number of fused-ring (bicyclic) bond motifs is 1. The average Bonchev–Trinajstić information content (AvgIpc) is 2.87. The number of pyridine rings is 1. The summed E-state index contributed by atoms with van der Waals surface area (Å²) < 4.78 is 1.85. The normalized spacial score (nSPS) is 10.8. The number of Topliss-reactive ketones (excluding diaryl/α,β-unsaturated/α-hetero) is 1. The first kappa shape index (κ1) is 12.5. The summed E-state index contributed by atoms with van der Waals surface area (Å²) >= 11 is 0. The van der Waals surface area contributed by atoms with Crippen LogP contribution < -0.4 is 0 Å². The minimum Gasteiger partial charge on any atom is -0.292 e. The lowest BCUT2D eigenvalue weighted by atomic mass is 10.1. The Kier molecular flexibility index (Phi) is 3.29. The van der Waals surface area contributed by atoms with Crippen molar-refractivity contribution in [2.75, 3.05) is 0 Å². The molecule has 3 aromatic rings. The second-order valence-electron chi connectivity index (χ2n) is 4.62. The molecule has 0 aliphatic heterocycles. The monoisotopic (exact) mass is 265 g/mol. The van der Waals surface area contributed by atoms with Crippen LogP contribution in [0.3, 0.4) is 0 Å². The van der Waals surface area contributed by atoms with E-state index in [0.29, 0.717) is 18.7 Å². The van der Waals surface area contributed by atoms with E-state index in [4.69, 9.17) is 0 Å². The van der Waals surface area contributed by atoms with Gasteiger partial charge in [0.25, 0.3) is 0 Å². The van der Waals surface area contributed by atoms with Crippen LogP contribution in [0.4, 0.5) is 0 Å². The number of ketones is 1. The van der Waals surface area contributed by atoms with Crippen molar-refractivity contribution in [1.82, 2.24) is 14.8 Å².